The number of rotatable bonds is 3. The molecule has 3 aromatic heterocycles. The Kier molecular flexibility index (Phi) is 3.97. The zero-order valence-corrected chi connectivity index (χ0v) is 15.7. The van der Waals surface area contributed by atoms with Crippen LogP contribution < -0.4 is 5.32 Å². The first-order valence-electron chi connectivity index (χ1n) is 9.61. The molecule has 1 amide bonds. The van der Waals surface area contributed by atoms with Crippen LogP contribution in [0, 0.1) is 6.92 Å². The highest BCUT2D eigenvalue weighted by atomic mass is 16.1. The number of imidazole rings is 1. The van der Waals surface area contributed by atoms with E-state index in [0.717, 1.165) is 30.0 Å². The van der Waals surface area contributed by atoms with E-state index in [2.05, 4.69) is 26.3 Å². The smallest absolute Gasteiger partial charge is 0.257 e. The fourth-order valence-electron chi connectivity index (χ4n) is 4.04. The average Bonchev–Trinajstić information content (AvgIpc) is 3.31. The van der Waals surface area contributed by atoms with E-state index in [4.69, 9.17) is 0 Å². The summed E-state index contributed by atoms with van der Waals surface area (Å²) in [6, 6.07) is 9.67. The normalized spacial score (nSPS) is 13.5. The number of aromatic nitrogens is 4. The molecule has 3 heterocycles. The van der Waals surface area contributed by atoms with Crippen molar-refractivity contribution in [1.29, 1.82) is 0 Å². The van der Waals surface area contributed by atoms with Gasteiger partial charge in [0.25, 0.3) is 5.91 Å². The molecule has 2 N–H and O–H groups in total. The van der Waals surface area contributed by atoms with Crippen LogP contribution in [0.4, 0.5) is 5.69 Å². The van der Waals surface area contributed by atoms with Crippen LogP contribution in [-0.2, 0) is 12.8 Å². The Morgan fingerprint density at radius 2 is 2.04 bits per heavy atom. The zero-order chi connectivity index (χ0) is 19.1. The molecule has 4 aromatic rings. The second-order valence-corrected chi connectivity index (χ2v) is 7.22. The molecule has 6 heteroatoms. The van der Waals surface area contributed by atoms with Gasteiger partial charge in [0.15, 0.2) is 0 Å². The van der Waals surface area contributed by atoms with Crippen molar-refractivity contribution < 1.29 is 4.79 Å². The molecule has 0 bridgehead atoms. The van der Waals surface area contributed by atoms with Crippen molar-refractivity contribution in [3.63, 3.8) is 0 Å². The zero-order valence-electron chi connectivity index (χ0n) is 15.7. The number of hydrogen-bond acceptors (Lipinski definition) is 3. The lowest BCUT2D eigenvalue weighted by molar-refractivity contribution is 0.102. The second-order valence-electron chi connectivity index (χ2n) is 7.22. The van der Waals surface area contributed by atoms with Crippen molar-refractivity contribution in [3.8, 4) is 5.82 Å². The molecule has 0 aliphatic heterocycles. The minimum Gasteiger partial charge on any atom is -0.358 e. The number of benzene rings is 1. The van der Waals surface area contributed by atoms with Crippen molar-refractivity contribution in [2.75, 3.05) is 5.32 Å². The Bertz CT molecular complexity index is 1170. The summed E-state index contributed by atoms with van der Waals surface area (Å²) < 4.78 is 1.90. The SMILES string of the molecule is Cc1nccn1-c1ccc(NC(=O)c2cccc3c4c([nH]c23)CCCC4)cn1. The van der Waals surface area contributed by atoms with Gasteiger partial charge >= 0.3 is 0 Å². The van der Waals surface area contributed by atoms with Crippen molar-refractivity contribution in [1.82, 2.24) is 19.5 Å². The van der Waals surface area contributed by atoms with Gasteiger partial charge in [-0.15, -0.1) is 0 Å². The number of aryl methyl sites for hydroxylation is 3. The Labute approximate surface area is 162 Å². The van der Waals surface area contributed by atoms with Crippen LogP contribution in [-0.4, -0.2) is 25.4 Å². The van der Waals surface area contributed by atoms with E-state index < -0.39 is 0 Å². The number of nitrogens with zero attached hydrogens (tertiary/aromatic N) is 3. The summed E-state index contributed by atoms with van der Waals surface area (Å²) in [6.07, 6.45) is 9.84. The van der Waals surface area contributed by atoms with Gasteiger partial charge in [-0.2, -0.15) is 0 Å². The van der Waals surface area contributed by atoms with E-state index in [0.29, 0.717) is 11.3 Å². The van der Waals surface area contributed by atoms with E-state index in [1.165, 1.54) is 29.5 Å². The number of amides is 1. The molecule has 6 nitrogen and oxygen atoms in total. The third-order valence-corrected chi connectivity index (χ3v) is 5.46. The molecule has 140 valence electrons. The first-order chi connectivity index (χ1) is 13.7. The van der Waals surface area contributed by atoms with Crippen LogP contribution in [0.15, 0.2) is 48.9 Å². The molecule has 0 radical (unpaired) electrons. The Hall–Kier alpha value is -3.41. The number of fused-ring (bicyclic) bond motifs is 3. The highest BCUT2D eigenvalue weighted by Gasteiger charge is 2.19. The van der Waals surface area contributed by atoms with Crippen LogP contribution in [0.2, 0.25) is 0 Å². The van der Waals surface area contributed by atoms with Crippen LogP contribution in [0.1, 0.15) is 40.3 Å². The molecule has 5 rings (SSSR count). The number of H-pyrrole nitrogens is 1. The summed E-state index contributed by atoms with van der Waals surface area (Å²) in [6.45, 7) is 1.92. The minimum atomic E-state index is -0.127. The Morgan fingerprint density at radius 3 is 2.82 bits per heavy atom. The predicted octanol–water partition coefficient (Wildman–Crippen LogP) is 4.19. The summed E-state index contributed by atoms with van der Waals surface area (Å²) in [7, 11) is 0. The van der Waals surface area contributed by atoms with E-state index in [1.54, 1.807) is 12.4 Å². The summed E-state index contributed by atoms with van der Waals surface area (Å²) in [5, 5.41) is 4.14. The standard InChI is InChI=1S/C22H21N5O/c1-14-23-11-12-27(14)20-10-9-15(13-24-20)25-22(28)18-7-4-6-17-16-5-2-3-8-19(16)26-21(17)18/h4,6-7,9-13,26H,2-3,5,8H2,1H3,(H,25,28). The van der Waals surface area contributed by atoms with E-state index in [-0.39, 0.29) is 5.91 Å². The maximum atomic E-state index is 12.9. The summed E-state index contributed by atoms with van der Waals surface area (Å²) in [5.74, 6) is 1.51. The quantitative estimate of drug-likeness (QED) is 0.567. The van der Waals surface area contributed by atoms with E-state index in [1.807, 2.05) is 42.0 Å². The fourth-order valence-corrected chi connectivity index (χ4v) is 4.04. The molecule has 1 aliphatic rings. The van der Waals surface area contributed by atoms with Crippen LogP contribution in [0.25, 0.3) is 16.7 Å². The topological polar surface area (TPSA) is 75.6 Å². The highest BCUT2D eigenvalue weighted by molar-refractivity contribution is 6.12. The van der Waals surface area contributed by atoms with Gasteiger partial charge in [-0.25, -0.2) is 9.97 Å². The summed E-state index contributed by atoms with van der Waals surface area (Å²) >= 11 is 0. The van der Waals surface area contributed by atoms with Gasteiger partial charge in [-0.05, 0) is 56.4 Å². The maximum Gasteiger partial charge on any atom is 0.257 e. The minimum absolute atomic E-state index is 0.127. The molecule has 1 aliphatic carbocycles. The molecule has 0 fully saturated rings. The highest BCUT2D eigenvalue weighted by Crippen LogP contribution is 2.31. The number of para-hydroxylation sites is 1. The number of carbonyl (C=O) groups excluding carboxylic acids is 1. The van der Waals surface area contributed by atoms with Crippen LogP contribution in [0.3, 0.4) is 0 Å². The summed E-state index contributed by atoms with van der Waals surface area (Å²) in [5.41, 5.74) is 4.92. The fraction of sp³-hybridized carbons (Fsp3) is 0.227. The molecule has 0 saturated carbocycles. The van der Waals surface area contributed by atoms with Gasteiger partial charge in [0.2, 0.25) is 0 Å². The monoisotopic (exact) mass is 371 g/mol. The number of hydrogen-bond donors (Lipinski definition) is 2. The van der Waals surface area contributed by atoms with E-state index in [9.17, 15) is 4.79 Å². The van der Waals surface area contributed by atoms with Gasteiger partial charge in [0.05, 0.1) is 23.0 Å². The first-order valence-corrected chi connectivity index (χ1v) is 9.61. The number of nitrogens with one attached hydrogen (secondary N) is 2. The lowest BCUT2D eigenvalue weighted by Gasteiger charge is -2.10. The molecule has 0 atom stereocenters. The van der Waals surface area contributed by atoms with E-state index >= 15 is 0 Å². The maximum absolute atomic E-state index is 12.9. The van der Waals surface area contributed by atoms with Crippen molar-refractivity contribution in [2.45, 2.75) is 32.6 Å². The van der Waals surface area contributed by atoms with Gasteiger partial charge in [-0.3, -0.25) is 9.36 Å². The third kappa shape index (κ3) is 2.78. The van der Waals surface area contributed by atoms with Crippen molar-refractivity contribution in [3.05, 3.63) is 71.6 Å². The number of aromatic amines is 1. The van der Waals surface area contributed by atoms with Gasteiger partial charge in [0, 0.05) is 23.5 Å². The van der Waals surface area contributed by atoms with Crippen LogP contribution in [0.5, 0.6) is 0 Å². The number of carbonyl (C=O) groups is 1. The Morgan fingerprint density at radius 1 is 1.14 bits per heavy atom. The molecular formula is C22H21N5O. The van der Waals surface area contributed by atoms with Crippen LogP contribution >= 0.6 is 0 Å². The van der Waals surface area contributed by atoms with Gasteiger partial charge in [-0.1, -0.05) is 12.1 Å². The van der Waals surface area contributed by atoms with Gasteiger partial charge in [0.1, 0.15) is 11.6 Å². The largest absolute Gasteiger partial charge is 0.358 e. The predicted molar refractivity (Wildman–Crippen MR) is 109 cm³/mol. The first kappa shape index (κ1) is 16.7. The number of anilines is 1. The third-order valence-electron chi connectivity index (χ3n) is 5.46. The molecule has 0 spiro atoms. The molecule has 28 heavy (non-hydrogen) atoms. The lowest BCUT2D eigenvalue weighted by Crippen LogP contribution is -2.13. The average molecular weight is 371 g/mol. The Balaban J connectivity index is 1.43. The van der Waals surface area contributed by atoms with Crippen molar-refractivity contribution >= 4 is 22.5 Å². The van der Waals surface area contributed by atoms with Crippen molar-refractivity contribution in [2.24, 2.45) is 0 Å². The summed E-state index contributed by atoms with van der Waals surface area (Å²) in [4.78, 5) is 25.1. The second kappa shape index (κ2) is 6.64. The number of pyridine rings is 1. The molecule has 0 saturated heterocycles. The molecular weight excluding hydrogens is 350 g/mol. The molecule has 0 unspecified atom stereocenters. The van der Waals surface area contributed by atoms with Gasteiger partial charge < -0.3 is 10.3 Å². The lowest BCUT2D eigenvalue weighted by atomic mass is 9.95. The molecule has 1 aromatic carbocycles.